The number of para-hydroxylation sites is 2. The topological polar surface area (TPSA) is 54.9 Å². The lowest BCUT2D eigenvalue weighted by atomic mass is 10.0. The molecule has 4 aromatic rings. The van der Waals surface area contributed by atoms with Crippen molar-refractivity contribution in [2.45, 2.75) is 6.92 Å². The van der Waals surface area contributed by atoms with E-state index in [1.54, 1.807) is 14.2 Å². The van der Waals surface area contributed by atoms with Gasteiger partial charge in [0.1, 0.15) is 11.5 Å². The van der Waals surface area contributed by atoms with E-state index >= 15 is 0 Å². The van der Waals surface area contributed by atoms with Gasteiger partial charge in [-0.25, -0.2) is 4.98 Å². The van der Waals surface area contributed by atoms with E-state index < -0.39 is 0 Å². The Bertz CT molecular complexity index is 1360. The first-order valence-corrected chi connectivity index (χ1v) is 11.8. The van der Waals surface area contributed by atoms with E-state index in [0.717, 1.165) is 46.7 Å². The van der Waals surface area contributed by atoms with E-state index in [4.69, 9.17) is 14.5 Å². The maximum absolute atomic E-state index is 13.4. The number of amides is 1. The number of methoxy groups -OCH3 is 2. The van der Waals surface area contributed by atoms with Gasteiger partial charge in [-0.3, -0.25) is 4.79 Å². The van der Waals surface area contributed by atoms with Crippen LogP contribution >= 0.6 is 0 Å². The van der Waals surface area contributed by atoms with Gasteiger partial charge in [-0.2, -0.15) is 0 Å². The number of hydrogen-bond donors (Lipinski definition) is 0. The fraction of sp³-hybridized carbons (Fsp3) is 0.241. The van der Waals surface area contributed by atoms with Crippen molar-refractivity contribution in [3.63, 3.8) is 0 Å². The van der Waals surface area contributed by atoms with Gasteiger partial charge in [0.15, 0.2) is 0 Å². The predicted octanol–water partition coefficient (Wildman–Crippen LogP) is 5.19. The van der Waals surface area contributed by atoms with Crippen molar-refractivity contribution in [3.05, 3.63) is 83.9 Å². The summed E-state index contributed by atoms with van der Waals surface area (Å²) in [5.41, 5.74) is 5.59. The molecule has 1 fully saturated rings. The molecule has 35 heavy (non-hydrogen) atoms. The lowest BCUT2D eigenvalue weighted by Crippen LogP contribution is -2.48. The zero-order chi connectivity index (χ0) is 24.4. The van der Waals surface area contributed by atoms with E-state index in [-0.39, 0.29) is 5.91 Å². The minimum absolute atomic E-state index is 0.0243. The smallest absolute Gasteiger partial charge is 0.254 e. The van der Waals surface area contributed by atoms with E-state index in [1.165, 1.54) is 5.56 Å². The number of carbonyl (C=O) groups is 1. The number of piperazine rings is 1. The summed E-state index contributed by atoms with van der Waals surface area (Å²) in [7, 11) is 3.34. The number of ether oxygens (including phenoxy) is 2. The van der Waals surface area contributed by atoms with Gasteiger partial charge in [0.25, 0.3) is 5.91 Å². The second-order valence-electron chi connectivity index (χ2n) is 8.76. The first-order valence-electron chi connectivity index (χ1n) is 11.8. The van der Waals surface area contributed by atoms with Crippen LogP contribution in [-0.2, 0) is 0 Å². The van der Waals surface area contributed by atoms with Gasteiger partial charge in [0.2, 0.25) is 0 Å². The Morgan fingerprint density at radius 3 is 2.26 bits per heavy atom. The molecule has 5 rings (SSSR count). The molecule has 0 aliphatic carbocycles. The van der Waals surface area contributed by atoms with Crippen molar-refractivity contribution < 1.29 is 14.3 Å². The van der Waals surface area contributed by atoms with Crippen LogP contribution in [-0.4, -0.2) is 56.2 Å². The van der Waals surface area contributed by atoms with Gasteiger partial charge in [-0.05, 0) is 37.3 Å². The molecule has 1 aliphatic heterocycles. The molecule has 0 atom stereocenters. The zero-order valence-corrected chi connectivity index (χ0v) is 20.3. The molecule has 1 aliphatic rings. The molecule has 0 bridgehead atoms. The molecular formula is C29H29N3O3. The van der Waals surface area contributed by atoms with Crippen LogP contribution in [0.3, 0.4) is 0 Å². The molecule has 6 nitrogen and oxygen atoms in total. The van der Waals surface area contributed by atoms with Crippen molar-refractivity contribution in [2.75, 3.05) is 45.3 Å². The highest BCUT2D eigenvalue weighted by atomic mass is 16.5. The molecule has 0 saturated carbocycles. The maximum Gasteiger partial charge on any atom is 0.254 e. The first-order chi connectivity index (χ1) is 17.1. The minimum Gasteiger partial charge on any atom is -0.496 e. The number of carbonyl (C=O) groups excluding carboxylic acids is 1. The molecule has 2 heterocycles. The van der Waals surface area contributed by atoms with Crippen molar-refractivity contribution in [3.8, 4) is 22.8 Å². The third-order valence-corrected chi connectivity index (χ3v) is 6.58. The molecule has 1 saturated heterocycles. The van der Waals surface area contributed by atoms with E-state index in [0.29, 0.717) is 24.4 Å². The Morgan fingerprint density at radius 1 is 0.829 bits per heavy atom. The Kier molecular flexibility index (Phi) is 6.27. The van der Waals surface area contributed by atoms with Gasteiger partial charge in [0.05, 0.1) is 31.1 Å². The van der Waals surface area contributed by atoms with Gasteiger partial charge in [-0.15, -0.1) is 0 Å². The summed E-state index contributed by atoms with van der Waals surface area (Å²) in [6.07, 6.45) is 0. The van der Waals surface area contributed by atoms with Crippen LogP contribution in [0.5, 0.6) is 11.5 Å². The molecule has 0 spiro atoms. The van der Waals surface area contributed by atoms with Crippen molar-refractivity contribution in [1.29, 1.82) is 0 Å². The molecule has 1 amide bonds. The summed E-state index contributed by atoms with van der Waals surface area (Å²) in [5, 5.41) is 0.835. The lowest BCUT2D eigenvalue weighted by Gasteiger charge is -2.36. The summed E-state index contributed by atoms with van der Waals surface area (Å²) < 4.78 is 11.2. The number of hydrogen-bond acceptors (Lipinski definition) is 5. The Morgan fingerprint density at radius 2 is 1.54 bits per heavy atom. The number of fused-ring (bicyclic) bond motifs is 1. The molecule has 0 radical (unpaired) electrons. The quantitative estimate of drug-likeness (QED) is 0.404. The molecule has 6 heteroatoms. The third-order valence-electron chi connectivity index (χ3n) is 6.58. The van der Waals surface area contributed by atoms with E-state index in [1.807, 2.05) is 47.4 Å². The highest BCUT2D eigenvalue weighted by Gasteiger charge is 2.24. The first kappa shape index (κ1) is 22.7. The van der Waals surface area contributed by atoms with Gasteiger partial charge in [0, 0.05) is 48.8 Å². The number of aryl methyl sites for hydroxylation is 1. The van der Waals surface area contributed by atoms with Gasteiger partial charge >= 0.3 is 0 Å². The zero-order valence-electron chi connectivity index (χ0n) is 20.3. The third kappa shape index (κ3) is 4.52. The average molecular weight is 468 g/mol. The van der Waals surface area contributed by atoms with Crippen molar-refractivity contribution in [2.24, 2.45) is 0 Å². The van der Waals surface area contributed by atoms with Crippen LogP contribution in [0.15, 0.2) is 72.8 Å². The molecule has 1 aromatic heterocycles. The fourth-order valence-electron chi connectivity index (χ4n) is 4.59. The van der Waals surface area contributed by atoms with E-state index in [9.17, 15) is 4.79 Å². The molecule has 0 N–H and O–H groups in total. The summed E-state index contributed by atoms with van der Waals surface area (Å²) >= 11 is 0. The highest BCUT2D eigenvalue weighted by molar-refractivity contribution is 6.00. The number of benzene rings is 3. The van der Waals surface area contributed by atoms with Crippen LogP contribution in [0.1, 0.15) is 15.9 Å². The molecule has 178 valence electrons. The van der Waals surface area contributed by atoms with Crippen molar-refractivity contribution in [1.82, 2.24) is 9.88 Å². The van der Waals surface area contributed by atoms with Crippen LogP contribution < -0.4 is 14.4 Å². The van der Waals surface area contributed by atoms with E-state index in [2.05, 4.69) is 42.2 Å². The van der Waals surface area contributed by atoms with Crippen LogP contribution in [0.25, 0.3) is 22.2 Å². The summed E-state index contributed by atoms with van der Waals surface area (Å²) in [6, 6.07) is 23.9. The Labute approximate surface area is 205 Å². The number of nitrogens with zero attached hydrogens (tertiary/aromatic N) is 3. The molecular weight excluding hydrogens is 438 g/mol. The average Bonchev–Trinajstić information content (AvgIpc) is 2.92. The van der Waals surface area contributed by atoms with Gasteiger partial charge in [-0.1, -0.05) is 42.0 Å². The number of rotatable bonds is 5. The Balaban J connectivity index is 1.37. The second kappa shape index (κ2) is 9.66. The summed E-state index contributed by atoms with van der Waals surface area (Å²) in [4.78, 5) is 22.4. The maximum atomic E-state index is 13.4. The second-order valence-corrected chi connectivity index (χ2v) is 8.76. The predicted molar refractivity (Wildman–Crippen MR) is 140 cm³/mol. The van der Waals surface area contributed by atoms with Crippen LogP contribution in [0.2, 0.25) is 0 Å². The largest absolute Gasteiger partial charge is 0.496 e. The summed E-state index contributed by atoms with van der Waals surface area (Å²) in [6.45, 7) is 4.87. The number of aromatic nitrogens is 1. The summed E-state index contributed by atoms with van der Waals surface area (Å²) in [5.74, 6) is 1.59. The minimum atomic E-state index is 0.0243. The van der Waals surface area contributed by atoms with Crippen LogP contribution in [0.4, 0.5) is 5.69 Å². The molecule has 3 aromatic carbocycles. The molecule has 0 unspecified atom stereocenters. The number of pyridine rings is 1. The fourth-order valence-corrected chi connectivity index (χ4v) is 4.59. The Hall–Kier alpha value is -4.06. The number of anilines is 1. The normalized spacial score (nSPS) is 13.7. The van der Waals surface area contributed by atoms with Crippen molar-refractivity contribution >= 4 is 22.5 Å². The highest BCUT2D eigenvalue weighted by Crippen LogP contribution is 2.32. The van der Waals surface area contributed by atoms with Gasteiger partial charge < -0.3 is 19.3 Å². The lowest BCUT2D eigenvalue weighted by molar-refractivity contribution is 0.0747. The SMILES string of the molecule is COc1ccccc1N1CCN(C(=O)c2ccc3nc(-c4ccc(C)cc4)cc(OC)c3c2)CC1. The standard InChI is InChI=1S/C29H29N3O3/c1-20-8-10-21(11-9-20)25-19-28(35-3)23-18-22(12-13-24(23)30-25)29(33)32-16-14-31(15-17-32)26-6-4-5-7-27(26)34-2/h4-13,18-19H,14-17H2,1-3H3. The monoisotopic (exact) mass is 467 g/mol. The van der Waals surface area contributed by atoms with Crippen LogP contribution in [0, 0.1) is 6.92 Å².